The summed E-state index contributed by atoms with van der Waals surface area (Å²) < 4.78 is 2.30. The lowest BCUT2D eigenvalue weighted by atomic mass is 10.0. The summed E-state index contributed by atoms with van der Waals surface area (Å²) in [6.45, 7) is 3.08. The monoisotopic (exact) mass is 408 g/mol. The molecule has 1 saturated heterocycles. The van der Waals surface area contributed by atoms with Crippen molar-refractivity contribution in [2.75, 3.05) is 24.5 Å². The van der Waals surface area contributed by atoms with Crippen LogP contribution in [-0.2, 0) is 6.42 Å². The van der Waals surface area contributed by atoms with Crippen molar-refractivity contribution in [2.45, 2.75) is 12.5 Å². The molecule has 4 heteroatoms. The average Bonchev–Trinajstić information content (AvgIpc) is 2.48. The van der Waals surface area contributed by atoms with Crippen molar-refractivity contribution in [3.63, 3.8) is 0 Å². The van der Waals surface area contributed by atoms with Gasteiger partial charge in [0.15, 0.2) is 0 Å². The van der Waals surface area contributed by atoms with Gasteiger partial charge in [0.2, 0.25) is 0 Å². The number of anilines is 1. The van der Waals surface area contributed by atoms with E-state index >= 15 is 0 Å². The second-order valence-corrected chi connectivity index (χ2v) is 7.07. The quantitative estimate of drug-likeness (QED) is 0.815. The average molecular weight is 410 g/mol. The zero-order valence-corrected chi connectivity index (χ0v) is 14.9. The molecule has 0 aromatic heterocycles. The molecule has 1 N–H and O–H groups in total. The molecule has 0 amide bonds. The zero-order chi connectivity index (χ0) is 14.7. The van der Waals surface area contributed by atoms with Gasteiger partial charge >= 0.3 is 0 Å². The van der Waals surface area contributed by atoms with E-state index in [1.54, 1.807) is 0 Å². The van der Waals surface area contributed by atoms with Gasteiger partial charge in [-0.25, -0.2) is 0 Å². The molecule has 2 nitrogen and oxygen atoms in total. The van der Waals surface area contributed by atoms with E-state index < -0.39 is 0 Å². The fourth-order valence-corrected chi connectivity index (χ4v) is 4.36. The first-order valence-electron chi connectivity index (χ1n) is 7.20. The number of para-hydroxylation sites is 1. The molecule has 21 heavy (non-hydrogen) atoms. The summed E-state index contributed by atoms with van der Waals surface area (Å²) in [5.74, 6) is 0. The minimum atomic E-state index is 0.486. The Balaban J connectivity index is 1.74. The molecule has 0 aliphatic carbocycles. The number of benzene rings is 2. The van der Waals surface area contributed by atoms with E-state index in [0.717, 1.165) is 35.0 Å². The van der Waals surface area contributed by atoms with E-state index in [9.17, 15) is 0 Å². The minimum Gasteiger partial charge on any atom is -0.367 e. The van der Waals surface area contributed by atoms with Crippen molar-refractivity contribution >= 4 is 37.5 Å². The van der Waals surface area contributed by atoms with E-state index in [1.807, 2.05) is 0 Å². The maximum absolute atomic E-state index is 3.68. The minimum absolute atomic E-state index is 0.486. The second-order valence-electron chi connectivity index (χ2n) is 5.36. The number of hydrogen-bond acceptors (Lipinski definition) is 2. The van der Waals surface area contributed by atoms with Crippen LogP contribution in [0.3, 0.4) is 0 Å². The number of nitrogens with zero attached hydrogens (tertiary/aromatic N) is 1. The van der Waals surface area contributed by atoms with Gasteiger partial charge < -0.3 is 10.2 Å². The van der Waals surface area contributed by atoms with Gasteiger partial charge in [0.05, 0.1) is 5.69 Å². The Hall–Kier alpha value is -0.840. The highest BCUT2D eigenvalue weighted by Gasteiger charge is 2.22. The molecule has 0 bridgehead atoms. The molecule has 1 aliphatic heterocycles. The van der Waals surface area contributed by atoms with Gasteiger partial charge in [-0.05, 0) is 56.0 Å². The van der Waals surface area contributed by atoms with Crippen LogP contribution in [0.4, 0.5) is 5.69 Å². The maximum atomic E-state index is 3.68. The molecule has 0 radical (unpaired) electrons. The summed E-state index contributed by atoms with van der Waals surface area (Å²) >= 11 is 7.35. The lowest BCUT2D eigenvalue weighted by Crippen LogP contribution is -2.51. The van der Waals surface area contributed by atoms with Gasteiger partial charge in [0.25, 0.3) is 0 Å². The molecule has 1 unspecified atom stereocenters. The van der Waals surface area contributed by atoms with Crippen molar-refractivity contribution < 1.29 is 0 Å². The highest BCUT2D eigenvalue weighted by Crippen LogP contribution is 2.34. The second kappa shape index (κ2) is 6.95. The lowest BCUT2D eigenvalue weighted by molar-refractivity contribution is 0.454. The summed E-state index contributed by atoms with van der Waals surface area (Å²) in [7, 11) is 0. The zero-order valence-electron chi connectivity index (χ0n) is 11.7. The van der Waals surface area contributed by atoms with E-state index in [4.69, 9.17) is 0 Å². The van der Waals surface area contributed by atoms with Crippen LogP contribution in [0.2, 0.25) is 0 Å². The Bertz CT molecular complexity index is 581. The Morgan fingerprint density at radius 2 is 1.71 bits per heavy atom. The molecular formula is C17H18Br2N2. The molecule has 2 aromatic carbocycles. The van der Waals surface area contributed by atoms with Crippen LogP contribution in [0.5, 0.6) is 0 Å². The first kappa shape index (κ1) is 15.1. The maximum Gasteiger partial charge on any atom is 0.0655 e. The Morgan fingerprint density at radius 3 is 2.43 bits per heavy atom. The van der Waals surface area contributed by atoms with Crippen LogP contribution < -0.4 is 10.2 Å². The highest BCUT2D eigenvalue weighted by molar-refractivity contribution is 9.11. The molecular weight excluding hydrogens is 392 g/mol. The molecule has 1 atom stereocenters. The smallest absolute Gasteiger partial charge is 0.0655 e. The van der Waals surface area contributed by atoms with Gasteiger partial charge in [0.1, 0.15) is 0 Å². The summed E-state index contributed by atoms with van der Waals surface area (Å²) in [6.07, 6.45) is 1.07. The van der Waals surface area contributed by atoms with Crippen molar-refractivity contribution in [3.8, 4) is 0 Å². The number of piperazine rings is 1. The molecule has 0 saturated carbocycles. The lowest BCUT2D eigenvalue weighted by Gasteiger charge is -2.36. The molecule has 1 fully saturated rings. The van der Waals surface area contributed by atoms with Gasteiger partial charge in [-0.1, -0.05) is 36.4 Å². The first-order valence-corrected chi connectivity index (χ1v) is 8.79. The third-order valence-corrected chi connectivity index (χ3v) is 5.11. The van der Waals surface area contributed by atoms with E-state index in [1.165, 1.54) is 11.3 Å². The molecule has 3 rings (SSSR count). The number of rotatable bonds is 3. The normalized spacial score (nSPS) is 18.8. The molecule has 1 aliphatic rings. The third kappa shape index (κ3) is 3.68. The summed E-state index contributed by atoms with van der Waals surface area (Å²) in [6, 6.07) is 17.5. The predicted molar refractivity (Wildman–Crippen MR) is 96.0 cm³/mol. The summed E-state index contributed by atoms with van der Waals surface area (Å²) in [4.78, 5) is 2.46. The number of nitrogens with one attached hydrogen (secondary N) is 1. The van der Waals surface area contributed by atoms with Gasteiger partial charge in [0, 0.05) is 34.6 Å². The predicted octanol–water partition coefficient (Wildman–Crippen LogP) is 4.23. The van der Waals surface area contributed by atoms with Crippen LogP contribution in [0.1, 0.15) is 5.56 Å². The summed E-state index contributed by atoms with van der Waals surface area (Å²) in [5.41, 5.74) is 2.65. The molecule has 1 heterocycles. The topological polar surface area (TPSA) is 15.3 Å². The molecule has 110 valence electrons. The third-order valence-electron chi connectivity index (χ3n) is 3.83. The van der Waals surface area contributed by atoms with Crippen molar-refractivity contribution in [2.24, 2.45) is 0 Å². The van der Waals surface area contributed by atoms with Crippen LogP contribution in [-0.4, -0.2) is 25.7 Å². The van der Waals surface area contributed by atoms with Crippen LogP contribution in [0.15, 0.2) is 57.5 Å². The summed E-state index contributed by atoms with van der Waals surface area (Å²) in [5, 5.41) is 3.63. The van der Waals surface area contributed by atoms with Crippen molar-refractivity contribution in [1.82, 2.24) is 5.32 Å². The first-order chi connectivity index (χ1) is 10.2. The van der Waals surface area contributed by atoms with Crippen molar-refractivity contribution in [3.05, 3.63) is 63.0 Å². The van der Waals surface area contributed by atoms with Gasteiger partial charge in [-0.3, -0.25) is 0 Å². The highest BCUT2D eigenvalue weighted by atomic mass is 79.9. The molecule has 0 spiro atoms. The Kier molecular flexibility index (Phi) is 4.99. The van der Waals surface area contributed by atoms with Crippen molar-refractivity contribution in [1.29, 1.82) is 0 Å². The largest absolute Gasteiger partial charge is 0.367 e. The molecule has 2 aromatic rings. The number of hydrogen-bond donors (Lipinski definition) is 1. The fourth-order valence-electron chi connectivity index (χ4n) is 2.86. The van der Waals surface area contributed by atoms with E-state index in [2.05, 4.69) is 90.6 Å². The van der Waals surface area contributed by atoms with Crippen LogP contribution in [0.25, 0.3) is 0 Å². The van der Waals surface area contributed by atoms with Gasteiger partial charge in [-0.15, -0.1) is 0 Å². The SMILES string of the molecule is Brc1cccc(Br)c1N1CCNC(Cc2ccccc2)C1. The van der Waals surface area contributed by atoms with Crippen LogP contribution in [0, 0.1) is 0 Å². The number of halogens is 2. The fraction of sp³-hybridized carbons (Fsp3) is 0.294. The standard InChI is InChI=1S/C17H18Br2N2/c18-15-7-4-8-16(19)17(15)21-10-9-20-14(12-21)11-13-5-2-1-3-6-13/h1-8,14,20H,9-12H2. The van der Waals surface area contributed by atoms with Gasteiger partial charge in [-0.2, -0.15) is 0 Å². The Labute approximate surface area is 142 Å². The Morgan fingerprint density at radius 1 is 1.00 bits per heavy atom. The van der Waals surface area contributed by atoms with Crippen LogP contribution >= 0.6 is 31.9 Å². The van der Waals surface area contributed by atoms with E-state index in [-0.39, 0.29) is 0 Å². The van der Waals surface area contributed by atoms with E-state index in [0.29, 0.717) is 6.04 Å².